The molecule has 0 aliphatic rings. The molecule has 0 rings (SSSR count). The van der Waals surface area contributed by atoms with Crippen LogP contribution in [0.3, 0.4) is 0 Å². The van der Waals surface area contributed by atoms with Crippen molar-refractivity contribution >= 4 is 23.8 Å². The second-order valence-corrected chi connectivity index (χ2v) is 6.02. The van der Waals surface area contributed by atoms with Crippen molar-refractivity contribution in [3.05, 3.63) is 0 Å². The van der Waals surface area contributed by atoms with Crippen molar-refractivity contribution in [2.24, 2.45) is 5.92 Å². The number of thioether (sulfide) groups is 1. The highest BCUT2D eigenvalue weighted by Gasteiger charge is 2.21. The molecule has 0 saturated heterocycles. The van der Waals surface area contributed by atoms with Crippen LogP contribution in [0.2, 0.25) is 0 Å². The van der Waals surface area contributed by atoms with Gasteiger partial charge >= 0.3 is 12.0 Å². The van der Waals surface area contributed by atoms with Crippen LogP contribution < -0.4 is 10.6 Å². The molecule has 2 unspecified atom stereocenters. The fraction of sp³-hybridized carbons (Fsp3) is 0.833. The van der Waals surface area contributed by atoms with Gasteiger partial charge in [0, 0.05) is 11.8 Å². The average Bonchev–Trinajstić information content (AvgIpc) is 2.24. The summed E-state index contributed by atoms with van der Waals surface area (Å²) in [5, 5.41) is 14.2. The minimum atomic E-state index is -0.991. The Bertz CT molecular complexity index is 272. The molecule has 6 heteroatoms. The summed E-state index contributed by atoms with van der Waals surface area (Å²) in [5.41, 5.74) is 0. The number of carbonyl (C=O) groups excluding carboxylic acids is 1. The zero-order chi connectivity index (χ0) is 14.1. The van der Waals surface area contributed by atoms with E-state index in [-0.39, 0.29) is 12.0 Å². The van der Waals surface area contributed by atoms with Gasteiger partial charge in [0.15, 0.2) is 0 Å². The summed E-state index contributed by atoms with van der Waals surface area (Å²) in [5.74, 6) is 1.05. The summed E-state index contributed by atoms with van der Waals surface area (Å²) in [4.78, 5) is 22.6. The van der Waals surface area contributed by atoms with Gasteiger partial charge < -0.3 is 15.7 Å². The van der Waals surface area contributed by atoms with Crippen LogP contribution >= 0.6 is 11.8 Å². The average molecular weight is 276 g/mol. The van der Waals surface area contributed by atoms with Gasteiger partial charge in [-0.3, -0.25) is 0 Å². The number of aliphatic carboxylic acids is 1. The Labute approximate surface area is 113 Å². The number of urea groups is 1. The van der Waals surface area contributed by atoms with Gasteiger partial charge in [0.2, 0.25) is 0 Å². The predicted octanol–water partition coefficient (Wildman–Crippen LogP) is 1.93. The lowest BCUT2D eigenvalue weighted by Crippen LogP contribution is -2.49. The number of carboxylic acid groups (broad SMARTS) is 1. The minimum absolute atomic E-state index is 0.0310. The predicted molar refractivity (Wildman–Crippen MR) is 75.0 cm³/mol. The quantitative estimate of drug-likeness (QED) is 0.633. The highest BCUT2D eigenvalue weighted by Crippen LogP contribution is 2.05. The van der Waals surface area contributed by atoms with Gasteiger partial charge in [-0.1, -0.05) is 20.8 Å². The SMILES string of the molecule is CCSCC(C)NC(=O)NC(CC(C)C)C(=O)O. The van der Waals surface area contributed by atoms with Crippen molar-refractivity contribution in [1.82, 2.24) is 10.6 Å². The maximum atomic E-state index is 11.6. The largest absolute Gasteiger partial charge is 0.480 e. The first-order valence-electron chi connectivity index (χ1n) is 6.24. The second-order valence-electron chi connectivity index (χ2n) is 4.70. The Morgan fingerprint density at radius 3 is 2.28 bits per heavy atom. The molecular formula is C12H24N2O3S. The van der Waals surface area contributed by atoms with Gasteiger partial charge in [-0.05, 0) is 25.0 Å². The first kappa shape index (κ1) is 17.1. The van der Waals surface area contributed by atoms with Crippen molar-refractivity contribution in [2.75, 3.05) is 11.5 Å². The van der Waals surface area contributed by atoms with Crippen molar-refractivity contribution in [3.63, 3.8) is 0 Å². The van der Waals surface area contributed by atoms with E-state index in [0.29, 0.717) is 6.42 Å². The van der Waals surface area contributed by atoms with Gasteiger partial charge in [-0.2, -0.15) is 11.8 Å². The summed E-state index contributed by atoms with van der Waals surface area (Å²) in [6, 6.07) is -1.20. The molecule has 0 aromatic rings. The molecule has 0 aliphatic heterocycles. The molecule has 2 atom stereocenters. The monoisotopic (exact) mass is 276 g/mol. The van der Waals surface area contributed by atoms with Gasteiger partial charge in [-0.15, -0.1) is 0 Å². The van der Waals surface area contributed by atoms with E-state index in [1.165, 1.54) is 0 Å². The zero-order valence-electron chi connectivity index (χ0n) is 11.5. The highest BCUT2D eigenvalue weighted by molar-refractivity contribution is 7.99. The molecule has 0 aliphatic carbocycles. The van der Waals surface area contributed by atoms with Crippen LogP contribution in [-0.4, -0.2) is 40.7 Å². The van der Waals surface area contributed by atoms with Crippen LogP contribution in [0.15, 0.2) is 0 Å². The number of rotatable bonds is 8. The Morgan fingerprint density at radius 1 is 1.22 bits per heavy atom. The minimum Gasteiger partial charge on any atom is -0.480 e. The summed E-state index contributed by atoms with van der Waals surface area (Å²) in [6.45, 7) is 7.81. The van der Waals surface area contributed by atoms with Gasteiger partial charge in [0.25, 0.3) is 0 Å². The molecule has 0 bridgehead atoms. The number of hydrogen-bond donors (Lipinski definition) is 3. The van der Waals surface area contributed by atoms with Gasteiger partial charge in [0.1, 0.15) is 6.04 Å². The van der Waals surface area contributed by atoms with E-state index in [1.54, 1.807) is 11.8 Å². The molecule has 0 radical (unpaired) electrons. The highest BCUT2D eigenvalue weighted by atomic mass is 32.2. The van der Waals surface area contributed by atoms with Crippen LogP contribution in [0.25, 0.3) is 0 Å². The first-order valence-corrected chi connectivity index (χ1v) is 7.39. The lowest BCUT2D eigenvalue weighted by Gasteiger charge is -2.19. The normalized spacial score (nSPS) is 14.1. The number of carbonyl (C=O) groups is 2. The maximum Gasteiger partial charge on any atom is 0.326 e. The van der Waals surface area contributed by atoms with Gasteiger partial charge in [-0.25, -0.2) is 9.59 Å². The van der Waals surface area contributed by atoms with E-state index in [2.05, 4.69) is 17.6 Å². The molecular weight excluding hydrogens is 252 g/mol. The molecule has 106 valence electrons. The van der Waals surface area contributed by atoms with E-state index in [1.807, 2.05) is 20.8 Å². The van der Waals surface area contributed by atoms with E-state index < -0.39 is 18.0 Å². The first-order chi connectivity index (χ1) is 8.36. The van der Waals surface area contributed by atoms with Crippen LogP contribution in [0.4, 0.5) is 4.79 Å². The standard InChI is InChI=1S/C12H24N2O3S/c1-5-18-7-9(4)13-12(17)14-10(11(15)16)6-8(2)3/h8-10H,5-7H2,1-4H3,(H,15,16)(H2,13,14,17). The number of hydrogen-bond acceptors (Lipinski definition) is 3. The molecule has 18 heavy (non-hydrogen) atoms. The van der Waals surface area contributed by atoms with Gasteiger partial charge in [0.05, 0.1) is 0 Å². The molecule has 0 aromatic heterocycles. The summed E-state index contributed by atoms with van der Waals surface area (Å²) in [7, 11) is 0. The van der Waals surface area contributed by atoms with E-state index in [9.17, 15) is 9.59 Å². The fourth-order valence-corrected chi connectivity index (χ4v) is 2.13. The second kappa shape index (κ2) is 9.08. The summed E-state index contributed by atoms with van der Waals surface area (Å²) in [6.07, 6.45) is 0.431. The Kier molecular flexibility index (Phi) is 8.62. The smallest absolute Gasteiger partial charge is 0.326 e. The molecule has 5 nitrogen and oxygen atoms in total. The molecule has 0 spiro atoms. The number of carboxylic acids is 1. The number of amides is 2. The summed E-state index contributed by atoms with van der Waals surface area (Å²) < 4.78 is 0. The van der Waals surface area contributed by atoms with Crippen molar-refractivity contribution < 1.29 is 14.7 Å². The van der Waals surface area contributed by atoms with Crippen molar-refractivity contribution in [1.29, 1.82) is 0 Å². The molecule has 0 aromatic carbocycles. The van der Waals surface area contributed by atoms with E-state index >= 15 is 0 Å². The Hall–Kier alpha value is -0.910. The lowest BCUT2D eigenvalue weighted by atomic mass is 10.0. The Morgan fingerprint density at radius 2 is 1.83 bits per heavy atom. The maximum absolute atomic E-state index is 11.6. The third-order valence-corrected chi connectivity index (χ3v) is 3.40. The zero-order valence-corrected chi connectivity index (χ0v) is 12.3. The van der Waals surface area contributed by atoms with Crippen LogP contribution in [0, 0.1) is 5.92 Å². The molecule has 0 heterocycles. The van der Waals surface area contributed by atoms with Crippen molar-refractivity contribution in [3.8, 4) is 0 Å². The van der Waals surface area contributed by atoms with Crippen LogP contribution in [0.1, 0.15) is 34.1 Å². The van der Waals surface area contributed by atoms with E-state index in [0.717, 1.165) is 11.5 Å². The lowest BCUT2D eigenvalue weighted by molar-refractivity contribution is -0.139. The molecule has 2 amide bonds. The van der Waals surface area contributed by atoms with Crippen molar-refractivity contribution in [2.45, 2.75) is 46.2 Å². The molecule has 0 saturated carbocycles. The molecule has 3 N–H and O–H groups in total. The van der Waals surface area contributed by atoms with E-state index in [4.69, 9.17) is 5.11 Å². The Balaban J connectivity index is 4.13. The number of nitrogens with one attached hydrogen (secondary N) is 2. The topological polar surface area (TPSA) is 78.4 Å². The van der Waals surface area contributed by atoms with Crippen LogP contribution in [0.5, 0.6) is 0 Å². The van der Waals surface area contributed by atoms with Crippen LogP contribution in [-0.2, 0) is 4.79 Å². The summed E-state index contributed by atoms with van der Waals surface area (Å²) >= 11 is 1.74. The fourth-order valence-electron chi connectivity index (χ4n) is 1.45. The molecule has 0 fully saturated rings. The third-order valence-electron chi connectivity index (χ3n) is 2.26. The third kappa shape index (κ3) is 8.22.